The Balaban J connectivity index is 2.84. The van der Waals surface area contributed by atoms with Gasteiger partial charge in [0, 0.05) is 10.9 Å². The number of halogens is 1. The van der Waals surface area contributed by atoms with E-state index in [1.54, 1.807) is 11.3 Å². The number of rotatable bonds is 3. The van der Waals surface area contributed by atoms with E-state index in [9.17, 15) is 0 Å². The van der Waals surface area contributed by atoms with Gasteiger partial charge in [0.2, 0.25) is 0 Å². The molecule has 13 heavy (non-hydrogen) atoms. The van der Waals surface area contributed by atoms with Gasteiger partial charge in [0.05, 0.1) is 3.79 Å². The second-order valence-electron chi connectivity index (χ2n) is 3.96. The first kappa shape index (κ1) is 11.2. The molecule has 0 aliphatic carbocycles. The minimum atomic E-state index is 0.147. The number of nitrogens with two attached hydrogens (primary N) is 1. The first-order valence-electron chi connectivity index (χ1n) is 4.48. The minimum absolute atomic E-state index is 0.147. The summed E-state index contributed by atoms with van der Waals surface area (Å²) in [6.45, 7) is 6.61. The van der Waals surface area contributed by atoms with E-state index < -0.39 is 0 Å². The van der Waals surface area contributed by atoms with E-state index >= 15 is 0 Å². The summed E-state index contributed by atoms with van der Waals surface area (Å²) in [7, 11) is 0. The molecule has 0 saturated heterocycles. The van der Waals surface area contributed by atoms with Crippen molar-refractivity contribution in [1.29, 1.82) is 0 Å². The van der Waals surface area contributed by atoms with Crippen molar-refractivity contribution in [3.05, 3.63) is 20.8 Å². The van der Waals surface area contributed by atoms with E-state index in [4.69, 9.17) is 5.73 Å². The van der Waals surface area contributed by atoms with Crippen LogP contribution in [0.1, 0.15) is 38.1 Å². The van der Waals surface area contributed by atoms with Gasteiger partial charge in [-0.15, -0.1) is 11.3 Å². The molecule has 3 heteroatoms. The van der Waals surface area contributed by atoms with Gasteiger partial charge < -0.3 is 5.73 Å². The summed E-state index contributed by atoms with van der Waals surface area (Å²) in [6.07, 6.45) is 1.10. The molecule has 1 heterocycles. The van der Waals surface area contributed by atoms with Crippen molar-refractivity contribution in [3.63, 3.8) is 0 Å². The van der Waals surface area contributed by atoms with Gasteiger partial charge in [-0.2, -0.15) is 0 Å². The second-order valence-corrected chi connectivity index (χ2v) is 6.46. The predicted octanol–water partition coefficient (Wildman–Crippen LogP) is 3.95. The van der Waals surface area contributed by atoms with Crippen molar-refractivity contribution in [2.75, 3.05) is 0 Å². The van der Waals surface area contributed by atoms with Gasteiger partial charge in [-0.3, -0.25) is 0 Å². The fraction of sp³-hybridized carbons (Fsp3) is 0.600. The van der Waals surface area contributed by atoms with Crippen LogP contribution in [0.25, 0.3) is 0 Å². The molecule has 1 atom stereocenters. The lowest BCUT2D eigenvalue weighted by atomic mass is 9.82. The molecule has 0 aliphatic rings. The van der Waals surface area contributed by atoms with Crippen LogP contribution >= 0.6 is 27.3 Å². The second kappa shape index (κ2) is 4.11. The zero-order chi connectivity index (χ0) is 10.1. The smallest absolute Gasteiger partial charge is 0.0701 e. The molecule has 1 nitrogen and oxygen atoms in total. The van der Waals surface area contributed by atoms with Crippen molar-refractivity contribution in [1.82, 2.24) is 0 Å². The topological polar surface area (TPSA) is 26.0 Å². The third-order valence-corrected chi connectivity index (χ3v) is 4.36. The fourth-order valence-corrected chi connectivity index (χ4v) is 2.74. The molecule has 0 amide bonds. The largest absolute Gasteiger partial charge is 0.323 e. The normalized spacial score (nSPS) is 14.5. The van der Waals surface area contributed by atoms with Gasteiger partial charge in [0.15, 0.2) is 0 Å². The van der Waals surface area contributed by atoms with Crippen LogP contribution in [0.4, 0.5) is 0 Å². The first-order chi connectivity index (χ1) is 5.97. The molecule has 1 aromatic heterocycles. The lowest BCUT2D eigenvalue weighted by Crippen LogP contribution is -2.27. The average Bonchev–Trinajstić information content (AvgIpc) is 2.50. The highest BCUT2D eigenvalue weighted by Gasteiger charge is 2.26. The molecule has 0 aliphatic heterocycles. The van der Waals surface area contributed by atoms with Crippen LogP contribution < -0.4 is 5.73 Å². The molecule has 0 saturated carbocycles. The zero-order valence-corrected chi connectivity index (χ0v) is 10.7. The number of hydrogen-bond donors (Lipinski definition) is 1. The molecule has 0 radical (unpaired) electrons. The third-order valence-electron chi connectivity index (χ3n) is 2.65. The maximum atomic E-state index is 6.19. The fourth-order valence-electron chi connectivity index (χ4n) is 1.10. The third kappa shape index (κ3) is 2.55. The molecule has 1 unspecified atom stereocenters. The highest BCUT2D eigenvalue weighted by molar-refractivity contribution is 9.11. The van der Waals surface area contributed by atoms with Gasteiger partial charge in [0.25, 0.3) is 0 Å². The van der Waals surface area contributed by atoms with Crippen LogP contribution in [0.3, 0.4) is 0 Å². The van der Waals surface area contributed by atoms with Gasteiger partial charge >= 0.3 is 0 Å². The molecule has 0 fully saturated rings. The Morgan fingerprint density at radius 3 is 2.54 bits per heavy atom. The number of hydrogen-bond acceptors (Lipinski definition) is 2. The minimum Gasteiger partial charge on any atom is -0.323 e. The highest BCUT2D eigenvalue weighted by atomic mass is 79.9. The molecule has 74 valence electrons. The van der Waals surface area contributed by atoms with E-state index in [0.717, 1.165) is 10.2 Å². The molecule has 0 spiro atoms. The Morgan fingerprint density at radius 1 is 1.54 bits per heavy atom. The quantitative estimate of drug-likeness (QED) is 0.877. The van der Waals surface area contributed by atoms with Crippen LogP contribution in [-0.4, -0.2) is 0 Å². The summed E-state index contributed by atoms with van der Waals surface area (Å²) < 4.78 is 1.16. The molecule has 0 bridgehead atoms. The van der Waals surface area contributed by atoms with Crippen molar-refractivity contribution in [2.24, 2.45) is 11.1 Å². The van der Waals surface area contributed by atoms with Crippen molar-refractivity contribution < 1.29 is 0 Å². The van der Waals surface area contributed by atoms with Crippen LogP contribution in [0.2, 0.25) is 0 Å². The summed E-state index contributed by atoms with van der Waals surface area (Å²) in [5, 5.41) is 0. The molecule has 1 rings (SSSR count). The standard InChI is InChI=1S/C10H16BrNS/c1-4-10(2,3)9(12)7-5-6-8(11)13-7/h5-6,9H,4,12H2,1-3H3. The summed E-state index contributed by atoms with van der Waals surface area (Å²) in [6, 6.07) is 4.32. The van der Waals surface area contributed by atoms with Gasteiger partial charge in [-0.05, 0) is 39.9 Å². The zero-order valence-electron chi connectivity index (χ0n) is 8.30. The van der Waals surface area contributed by atoms with Crippen molar-refractivity contribution >= 4 is 27.3 Å². The molecule has 0 aromatic carbocycles. The lowest BCUT2D eigenvalue weighted by molar-refractivity contribution is 0.281. The van der Waals surface area contributed by atoms with Crippen LogP contribution in [0.5, 0.6) is 0 Å². The Hall–Kier alpha value is 0.140. The molecule has 1 aromatic rings. The van der Waals surface area contributed by atoms with Crippen molar-refractivity contribution in [3.8, 4) is 0 Å². The Kier molecular flexibility index (Phi) is 3.55. The van der Waals surface area contributed by atoms with E-state index in [1.807, 2.05) is 0 Å². The summed E-state index contributed by atoms with van der Waals surface area (Å²) in [5.41, 5.74) is 6.37. The van der Waals surface area contributed by atoms with Crippen molar-refractivity contribution in [2.45, 2.75) is 33.2 Å². The van der Waals surface area contributed by atoms with E-state index in [2.05, 4.69) is 48.8 Å². The predicted molar refractivity (Wildman–Crippen MR) is 63.0 cm³/mol. The lowest BCUT2D eigenvalue weighted by Gasteiger charge is -2.29. The Labute approximate surface area is 92.5 Å². The highest BCUT2D eigenvalue weighted by Crippen LogP contribution is 2.38. The Bertz CT molecular complexity index is 280. The van der Waals surface area contributed by atoms with Crippen LogP contribution in [0.15, 0.2) is 15.9 Å². The summed E-state index contributed by atoms with van der Waals surface area (Å²) >= 11 is 5.18. The van der Waals surface area contributed by atoms with Gasteiger partial charge in [0.1, 0.15) is 0 Å². The van der Waals surface area contributed by atoms with Crippen LogP contribution in [-0.2, 0) is 0 Å². The molecular weight excluding hydrogens is 246 g/mol. The van der Waals surface area contributed by atoms with Gasteiger partial charge in [-0.1, -0.05) is 20.8 Å². The molecule has 2 N–H and O–H groups in total. The van der Waals surface area contributed by atoms with Crippen LogP contribution in [0, 0.1) is 5.41 Å². The number of thiophene rings is 1. The summed E-state index contributed by atoms with van der Waals surface area (Å²) in [4.78, 5) is 1.26. The summed E-state index contributed by atoms with van der Waals surface area (Å²) in [5.74, 6) is 0. The van der Waals surface area contributed by atoms with E-state index in [0.29, 0.717) is 0 Å². The maximum absolute atomic E-state index is 6.19. The maximum Gasteiger partial charge on any atom is 0.0701 e. The van der Waals surface area contributed by atoms with E-state index in [1.165, 1.54) is 4.88 Å². The SMILES string of the molecule is CCC(C)(C)C(N)c1ccc(Br)s1. The molecular formula is C10H16BrNS. The Morgan fingerprint density at radius 2 is 2.15 bits per heavy atom. The van der Waals surface area contributed by atoms with E-state index in [-0.39, 0.29) is 11.5 Å². The van der Waals surface area contributed by atoms with Gasteiger partial charge in [-0.25, -0.2) is 0 Å². The first-order valence-corrected chi connectivity index (χ1v) is 6.09. The average molecular weight is 262 g/mol. The monoisotopic (exact) mass is 261 g/mol.